The van der Waals surface area contributed by atoms with E-state index in [0.717, 1.165) is 38.7 Å². The Morgan fingerprint density at radius 2 is 1.77 bits per heavy atom. The van der Waals surface area contributed by atoms with Crippen LogP contribution in [-0.4, -0.2) is 59.3 Å². The van der Waals surface area contributed by atoms with Crippen molar-refractivity contribution in [3.05, 3.63) is 64.3 Å². The number of pyridine rings is 1. The van der Waals surface area contributed by atoms with E-state index in [4.69, 9.17) is 41.3 Å². The predicted octanol–water partition coefficient (Wildman–Crippen LogP) is 4.26. The van der Waals surface area contributed by atoms with E-state index in [0.29, 0.717) is 17.0 Å². The van der Waals surface area contributed by atoms with Crippen LogP contribution in [0.2, 0.25) is 5.02 Å². The molecule has 228 valence electrons. The molecule has 1 aromatic heterocycles. The van der Waals surface area contributed by atoms with Crippen LogP contribution in [0.15, 0.2) is 40.6 Å². The van der Waals surface area contributed by atoms with Crippen molar-refractivity contribution < 1.29 is 46.5 Å². The summed E-state index contributed by atoms with van der Waals surface area (Å²) in [5, 5.41) is 15.2. The number of benzene rings is 1. The highest BCUT2D eigenvalue weighted by atomic mass is 35.5. The maximum Gasteiger partial charge on any atom is 0.303 e. The Morgan fingerprint density at radius 3 is 2.30 bits per heavy atom. The minimum Gasteiger partial charge on any atom is -0.463 e. The van der Waals surface area contributed by atoms with Gasteiger partial charge in [0.15, 0.2) is 35.4 Å². The van der Waals surface area contributed by atoms with Gasteiger partial charge in [-0.05, 0) is 18.2 Å². The van der Waals surface area contributed by atoms with Crippen LogP contribution < -0.4 is 5.32 Å². The largest absolute Gasteiger partial charge is 0.463 e. The molecule has 1 aliphatic heterocycles. The molecule has 0 amide bonds. The quantitative estimate of drug-likeness (QED) is 0.164. The highest BCUT2D eigenvalue weighted by Crippen LogP contribution is 2.37. The van der Waals surface area contributed by atoms with Crippen molar-refractivity contribution in [2.75, 3.05) is 6.61 Å². The van der Waals surface area contributed by atoms with Gasteiger partial charge < -0.3 is 24.3 Å². The van der Waals surface area contributed by atoms with Crippen molar-refractivity contribution in [1.82, 2.24) is 10.3 Å². The maximum absolute atomic E-state index is 13.9. The number of halogens is 4. The first-order chi connectivity index (χ1) is 20.3. The van der Waals surface area contributed by atoms with Crippen molar-refractivity contribution in [1.29, 1.82) is 10.8 Å². The van der Waals surface area contributed by atoms with Gasteiger partial charge >= 0.3 is 17.9 Å². The summed E-state index contributed by atoms with van der Waals surface area (Å²) in [4.78, 5) is 40.2. The molecule has 43 heavy (non-hydrogen) atoms. The number of hydrogen-bond acceptors (Lipinski definition) is 13. The van der Waals surface area contributed by atoms with Gasteiger partial charge in [0, 0.05) is 43.6 Å². The standard InChI is InChI=1S/C26H23ClF3N5O7S/c1-11(36)39-10-21-24(40-12(2)37)23(34-9-20(35-32)14-4-17(28)22(30)18(29)5-14)25(41-13(3)38)26(42-21)43-15-6-16(27)19(7-31)33-8-15/h4-6,8-9,21,23-26,32,34H,10H2,1-3H3/b20-9-,35-32?/t21?,23?,24-,25?,26+/m0/s1. The number of hydrogen-bond donors (Lipinski definition) is 2. The van der Waals surface area contributed by atoms with E-state index in [1.807, 2.05) is 6.07 Å². The average Bonchev–Trinajstić information content (AvgIpc) is 2.93. The fourth-order valence-corrected chi connectivity index (χ4v) is 5.35. The average molecular weight is 642 g/mol. The molecule has 2 heterocycles. The molecule has 2 aromatic rings. The van der Waals surface area contributed by atoms with Crippen LogP contribution in [0.3, 0.4) is 0 Å². The third kappa shape index (κ3) is 8.66. The third-order valence-corrected chi connectivity index (χ3v) is 7.09. The first-order valence-electron chi connectivity index (χ1n) is 12.2. The van der Waals surface area contributed by atoms with Gasteiger partial charge in [-0.2, -0.15) is 10.4 Å². The van der Waals surface area contributed by atoms with Crippen LogP contribution in [0.4, 0.5) is 13.2 Å². The summed E-state index contributed by atoms with van der Waals surface area (Å²) in [6, 6.07) is 3.26. The van der Waals surface area contributed by atoms with Gasteiger partial charge in [0.25, 0.3) is 0 Å². The zero-order valence-electron chi connectivity index (χ0n) is 22.6. The monoisotopic (exact) mass is 641 g/mol. The molecule has 3 unspecified atom stereocenters. The minimum absolute atomic E-state index is 0.0275. The second kappa shape index (κ2) is 14.8. The van der Waals surface area contributed by atoms with Gasteiger partial charge in [-0.3, -0.25) is 14.4 Å². The Labute approximate surface area is 252 Å². The van der Waals surface area contributed by atoms with Crippen LogP contribution in [0, 0.1) is 34.3 Å². The van der Waals surface area contributed by atoms with Gasteiger partial charge in [-0.1, -0.05) is 23.4 Å². The van der Waals surface area contributed by atoms with E-state index in [2.05, 4.69) is 15.4 Å². The lowest BCUT2D eigenvalue weighted by Crippen LogP contribution is -2.64. The summed E-state index contributed by atoms with van der Waals surface area (Å²) in [6.45, 7) is 2.92. The number of nitrogens with zero attached hydrogens (tertiary/aromatic N) is 3. The Balaban J connectivity index is 2.10. The molecule has 0 aliphatic carbocycles. The molecule has 3 rings (SSSR count). The lowest BCUT2D eigenvalue weighted by molar-refractivity contribution is -0.203. The molecule has 5 atom stereocenters. The van der Waals surface area contributed by atoms with E-state index < -0.39 is 71.8 Å². The number of rotatable bonds is 10. The van der Waals surface area contributed by atoms with Gasteiger partial charge in [-0.25, -0.2) is 23.7 Å². The maximum atomic E-state index is 13.9. The molecule has 17 heteroatoms. The lowest BCUT2D eigenvalue weighted by atomic mass is 9.96. The van der Waals surface area contributed by atoms with Gasteiger partial charge in [0.2, 0.25) is 0 Å². The molecule has 0 bridgehead atoms. The second-order valence-electron chi connectivity index (χ2n) is 8.81. The van der Waals surface area contributed by atoms with Crippen molar-refractivity contribution >= 4 is 47.0 Å². The Morgan fingerprint density at radius 1 is 1.14 bits per heavy atom. The molecular weight excluding hydrogens is 619 g/mol. The zero-order chi connectivity index (χ0) is 31.8. The van der Waals surface area contributed by atoms with Crippen molar-refractivity contribution in [3.8, 4) is 6.07 Å². The van der Waals surface area contributed by atoms with E-state index in [9.17, 15) is 27.6 Å². The molecule has 0 saturated carbocycles. The number of esters is 3. The number of aromatic nitrogens is 1. The Kier molecular flexibility index (Phi) is 11.5. The number of nitrogens with one attached hydrogen (secondary N) is 2. The van der Waals surface area contributed by atoms with Crippen LogP contribution in [-0.2, 0) is 33.3 Å². The van der Waals surface area contributed by atoms with E-state index in [1.165, 1.54) is 12.3 Å². The van der Waals surface area contributed by atoms with E-state index >= 15 is 0 Å². The topological polar surface area (TPSA) is 173 Å². The summed E-state index contributed by atoms with van der Waals surface area (Å²) in [6.07, 6.45) is -1.43. The number of nitriles is 1. The summed E-state index contributed by atoms with van der Waals surface area (Å²) >= 11 is 7.07. The van der Waals surface area contributed by atoms with Crippen molar-refractivity contribution in [3.63, 3.8) is 0 Å². The first kappa shape index (κ1) is 33.3. The van der Waals surface area contributed by atoms with E-state index in [-0.39, 0.29) is 22.0 Å². The predicted molar refractivity (Wildman–Crippen MR) is 143 cm³/mol. The molecule has 1 saturated heterocycles. The second-order valence-corrected chi connectivity index (χ2v) is 10.4. The summed E-state index contributed by atoms with van der Waals surface area (Å²) in [5.41, 5.74) is 5.65. The lowest BCUT2D eigenvalue weighted by Gasteiger charge is -2.45. The van der Waals surface area contributed by atoms with Crippen LogP contribution >= 0.6 is 23.4 Å². The number of ether oxygens (including phenoxy) is 4. The van der Waals surface area contributed by atoms with Crippen LogP contribution in [0.25, 0.3) is 5.70 Å². The summed E-state index contributed by atoms with van der Waals surface area (Å²) in [7, 11) is 0. The molecular formula is C26H23ClF3N5O7S. The Bertz CT molecular complexity index is 1470. The SMILES string of the molecule is CC(=O)OCC1O[C@H](Sc2cnc(C#N)c(Cl)c2)C(OC(C)=O)C(N/C=C(\N=N)c2cc(F)c(F)c(F)c2)[C@H]1OC(C)=O. The van der Waals surface area contributed by atoms with Crippen LogP contribution in [0.5, 0.6) is 0 Å². The number of carbonyl (C=O) groups excluding carboxylic acids is 3. The molecule has 1 aromatic carbocycles. The fraction of sp³-hybridized carbons (Fsp3) is 0.346. The zero-order valence-corrected chi connectivity index (χ0v) is 24.2. The van der Waals surface area contributed by atoms with E-state index in [1.54, 1.807) is 0 Å². The molecule has 0 spiro atoms. The first-order valence-corrected chi connectivity index (χ1v) is 13.4. The summed E-state index contributed by atoms with van der Waals surface area (Å²) in [5.74, 6) is -7.03. The normalized spacial score (nSPS) is 21.7. The molecule has 2 N–H and O–H groups in total. The molecule has 0 radical (unpaired) electrons. The van der Waals surface area contributed by atoms with Crippen molar-refractivity contribution in [2.45, 2.75) is 55.5 Å². The highest BCUT2D eigenvalue weighted by molar-refractivity contribution is 7.99. The van der Waals surface area contributed by atoms with Crippen molar-refractivity contribution in [2.24, 2.45) is 5.11 Å². The number of thioether (sulfide) groups is 1. The summed E-state index contributed by atoms with van der Waals surface area (Å²) < 4.78 is 63.5. The third-order valence-electron chi connectivity index (χ3n) is 5.69. The molecule has 12 nitrogen and oxygen atoms in total. The molecule has 1 fully saturated rings. The van der Waals surface area contributed by atoms with Gasteiger partial charge in [0.1, 0.15) is 36.0 Å². The van der Waals surface area contributed by atoms with Crippen LogP contribution in [0.1, 0.15) is 32.0 Å². The minimum atomic E-state index is -1.72. The fourth-order valence-electron chi connectivity index (χ4n) is 3.95. The van der Waals surface area contributed by atoms with Gasteiger partial charge in [-0.15, -0.1) is 0 Å². The highest BCUT2D eigenvalue weighted by Gasteiger charge is 2.50. The number of carbonyl (C=O) groups is 3. The molecule has 1 aliphatic rings. The Hall–Kier alpha value is -4.20. The smallest absolute Gasteiger partial charge is 0.303 e. The van der Waals surface area contributed by atoms with Gasteiger partial charge in [0.05, 0.1) is 5.02 Å².